The number of nitrogens with zero attached hydrogens (tertiary/aromatic N) is 2. The van der Waals surface area contributed by atoms with Crippen LogP contribution < -0.4 is 14.8 Å². The topological polar surface area (TPSA) is 97.8 Å². The minimum atomic E-state index is -4.90. The van der Waals surface area contributed by atoms with Gasteiger partial charge in [-0.15, -0.1) is 13.2 Å². The van der Waals surface area contributed by atoms with Gasteiger partial charge in [0.1, 0.15) is 5.75 Å². The number of hydrogen-bond donors (Lipinski definition) is 1. The van der Waals surface area contributed by atoms with Crippen LogP contribution in [0.4, 0.5) is 31.1 Å². The number of halogens is 6. The second-order valence-electron chi connectivity index (χ2n) is 7.40. The summed E-state index contributed by atoms with van der Waals surface area (Å²) in [7, 11) is -4.00. The molecule has 1 aliphatic rings. The first kappa shape index (κ1) is 27.3. The van der Waals surface area contributed by atoms with Gasteiger partial charge in [0.15, 0.2) is 0 Å². The Morgan fingerprint density at radius 2 is 1.75 bits per heavy atom. The van der Waals surface area contributed by atoms with E-state index in [1.807, 2.05) is 5.32 Å². The average Bonchev–Trinajstić information content (AvgIpc) is 2.78. The van der Waals surface area contributed by atoms with Gasteiger partial charge in [0.2, 0.25) is 15.9 Å². The summed E-state index contributed by atoms with van der Waals surface area (Å²) in [5.74, 6) is -0.710. The number of carbonyl (C=O) groups is 1. The highest BCUT2D eigenvalue weighted by atomic mass is 32.2. The lowest BCUT2D eigenvalue weighted by molar-refractivity contribution is -0.274. The summed E-state index contributed by atoms with van der Waals surface area (Å²) >= 11 is 0. The van der Waals surface area contributed by atoms with Crippen LogP contribution in [0.15, 0.2) is 53.4 Å². The first-order valence-electron chi connectivity index (χ1n) is 10.3. The molecule has 0 spiro atoms. The number of aromatic nitrogens is 1. The van der Waals surface area contributed by atoms with Crippen molar-refractivity contribution in [2.75, 3.05) is 19.6 Å². The fourth-order valence-electron chi connectivity index (χ4n) is 3.15. The Labute approximate surface area is 201 Å². The third kappa shape index (κ3) is 7.84. The Morgan fingerprint density at radius 1 is 1.06 bits per heavy atom. The van der Waals surface area contributed by atoms with Gasteiger partial charge in [-0.1, -0.05) is 12.1 Å². The van der Waals surface area contributed by atoms with Crippen molar-refractivity contribution in [3.63, 3.8) is 0 Å². The van der Waals surface area contributed by atoms with Crippen LogP contribution in [-0.2, 0) is 10.0 Å². The zero-order valence-corrected chi connectivity index (χ0v) is 19.1. The highest BCUT2D eigenvalue weighted by Crippen LogP contribution is 2.28. The molecule has 0 saturated carbocycles. The molecule has 8 nitrogen and oxygen atoms in total. The Morgan fingerprint density at radius 3 is 2.33 bits per heavy atom. The molecule has 3 rings (SSSR count). The van der Waals surface area contributed by atoms with Crippen molar-refractivity contribution in [2.24, 2.45) is 0 Å². The van der Waals surface area contributed by atoms with Gasteiger partial charge >= 0.3 is 18.6 Å². The minimum Gasteiger partial charge on any atom is -0.406 e. The van der Waals surface area contributed by atoms with E-state index in [1.54, 1.807) is 12.1 Å². The quantitative estimate of drug-likeness (QED) is 0.521. The number of hydrogen-bond acceptors (Lipinski definition) is 6. The molecule has 0 fully saturated rings. The maximum absolute atomic E-state index is 12.8. The van der Waals surface area contributed by atoms with Crippen LogP contribution in [0.25, 0.3) is 5.57 Å². The zero-order valence-electron chi connectivity index (χ0n) is 18.3. The van der Waals surface area contributed by atoms with Crippen molar-refractivity contribution in [2.45, 2.75) is 30.3 Å². The molecule has 36 heavy (non-hydrogen) atoms. The Bertz CT molecular complexity index is 1210. The first-order chi connectivity index (χ1) is 16.7. The lowest BCUT2D eigenvalue weighted by Crippen LogP contribution is -2.34. The molecule has 2 aromatic rings. The molecule has 1 aromatic heterocycles. The molecular formula is C21H19F6N3O5S. The van der Waals surface area contributed by atoms with Crippen LogP contribution >= 0.6 is 0 Å². The van der Waals surface area contributed by atoms with E-state index in [-0.39, 0.29) is 30.3 Å². The lowest BCUT2D eigenvalue weighted by Gasteiger charge is -2.25. The van der Waals surface area contributed by atoms with Crippen LogP contribution in [-0.4, -0.2) is 56.0 Å². The van der Waals surface area contributed by atoms with Crippen molar-refractivity contribution in [1.82, 2.24) is 14.6 Å². The normalized spacial score (nSPS) is 15.2. The third-order valence-corrected chi connectivity index (χ3v) is 6.67. The smallest absolute Gasteiger partial charge is 0.406 e. The average molecular weight is 539 g/mol. The highest BCUT2D eigenvalue weighted by Gasteiger charge is 2.32. The van der Waals surface area contributed by atoms with Crippen molar-refractivity contribution in [1.29, 1.82) is 0 Å². The molecule has 0 radical (unpaired) electrons. The summed E-state index contributed by atoms with van der Waals surface area (Å²) in [5, 5.41) is 1.97. The van der Waals surface area contributed by atoms with E-state index in [4.69, 9.17) is 4.74 Å². The molecule has 2 heterocycles. The number of carbonyl (C=O) groups excluding carboxylic acids is 1. The van der Waals surface area contributed by atoms with E-state index in [0.717, 1.165) is 28.6 Å². The molecule has 0 atom stereocenters. The molecule has 1 aromatic carbocycles. The predicted molar refractivity (Wildman–Crippen MR) is 113 cm³/mol. The van der Waals surface area contributed by atoms with Crippen molar-refractivity contribution in [3.05, 3.63) is 54.2 Å². The molecule has 0 bridgehead atoms. The minimum absolute atomic E-state index is 0.0413. The number of amides is 1. The largest absolute Gasteiger partial charge is 0.573 e. The fourth-order valence-corrected chi connectivity index (χ4v) is 4.53. The predicted octanol–water partition coefficient (Wildman–Crippen LogP) is 4.50. The highest BCUT2D eigenvalue weighted by molar-refractivity contribution is 7.89. The summed E-state index contributed by atoms with van der Waals surface area (Å²) < 4.78 is 109. The molecule has 0 aliphatic carbocycles. The van der Waals surface area contributed by atoms with Gasteiger partial charge in [0.05, 0.1) is 17.0 Å². The molecule has 196 valence electrons. The number of pyridine rings is 1. The molecule has 1 aliphatic heterocycles. The monoisotopic (exact) mass is 539 g/mol. The summed E-state index contributed by atoms with van der Waals surface area (Å²) in [6.07, 6.45) is -9.84. The SMILES string of the molecule is O=C(NCCC(F)(F)F)Oc1cccc(C2=CCN(S(=O)(=O)c3ccc(OC(F)(F)F)cc3)CC2)n1. The van der Waals surface area contributed by atoms with E-state index >= 15 is 0 Å². The van der Waals surface area contributed by atoms with E-state index < -0.39 is 47.4 Å². The molecule has 15 heteroatoms. The Hall–Kier alpha value is -3.33. The first-order valence-corrected chi connectivity index (χ1v) is 11.7. The summed E-state index contributed by atoms with van der Waals surface area (Å²) in [6.45, 7) is -0.668. The number of rotatable bonds is 7. The summed E-state index contributed by atoms with van der Waals surface area (Å²) in [5.41, 5.74) is 1.01. The fraction of sp³-hybridized carbons (Fsp3) is 0.333. The summed E-state index contributed by atoms with van der Waals surface area (Å²) in [4.78, 5) is 15.6. The lowest BCUT2D eigenvalue weighted by atomic mass is 10.1. The van der Waals surface area contributed by atoms with E-state index in [0.29, 0.717) is 11.3 Å². The number of ether oxygens (including phenoxy) is 2. The zero-order chi connectivity index (χ0) is 26.6. The van der Waals surface area contributed by atoms with E-state index in [1.165, 1.54) is 12.1 Å². The van der Waals surface area contributed by atoms with Crippen LogP contribution in [0.2, 0.25) is 0 Å². The van der Waals surface area contributed by atoms with Gasteiger partial charge < -0.3 is 14.8 Å². The maximum atomic E-state index is 12.8. The van der Waals surface area contributed by atoms with Gasteiger partial charge in [-0.05, 0) is 42.3 Å². The van der Waals surface area contributed by atoms with E-state index in [2.05, 4.69) is 9.72 Å². The van der Waals surface area contributed by atoms with Gasteiger partial charge in [-0.2, -0.15) is 17.5 Å². The summed E-state index contributed by atoms with van der Waals surface area (Å²) in [6, 6.07) is 8.26. The second-order valence-corrected chi connectivity index (χ2v) is 9.34. The molecular weight excluding hydrogens is 520 g/mol. The number of alkyl halides is 6. The third-order valence-electron chi connectivity index (χ3n) is 4.79. The van der Waals surface area contributed by atoms with Gasteiger partial charge in [-0.25, -0.2) is 18.2 Å². The van der Waals surface area contributed by atoms with Gasteiger partial charge in [0, 0.05) is 25.7 Å². The van der Waals surface area contributed by atoms with Crippen LogP contribution in [0.1, 0.15) is 18.5 Å². The second kappa shape index (κ2) is 10.7. The van der Waals surface area contributed by atoms with Crippen LogP contribution in [0, 0.1) is 0 Å². The van der Waals surface area contributed by atoms with Crippen molar-refractivity contribution in [3.8, 4) is 11.6 Å². The van der Waals surface area contributed by atoms with Crippen LogP contribution in [0.5, 0.6) is 11.6 Å². The number of nitrogens with one attached hydrogen (secondary N) is 1. The van der Waals surface area contributed by atoms with Gasteiger partial charge in [0.25, 0.3) is 0 Å². The maximum Gasteiger partial charge on any atom is 0.573 e. The van der Waals surface area contributed by atoms with Crippen LogP contribution in [0.3, 0.4) is 0 Å². The molecule has 1 amide bonds. The molecule has 1 N–H and O–H groups in total. The van der Waals surface area contributed by atoms with E-state index in [9.17, 15) is 39.6 Å². The van der Waals surface area contributed by atoms with Crippen molar-refractivity contribution < 1.29 is 49.0 Å². The number of sulfonamides is 1. The number of benzene rings is 1. The molecule has 0 saturated heterocycles. The van der Waals surface area contributed by atoms with Gasteiger partial charge in [-0.3, -0.25) is 0 Å². The Kier molecular flexibility index (Phi) is 8.13. The standard InChI is InChI=1S/C21H19F6N3O5S/c22-20(23,24)10-11-28-19(31)34-18-3-1-2-17(29-18)14-8-12-30(13-9-14)36(32,33)16-6-4-15(5-7-16)35-21(25,26)27/h1-8H,9-13H2,(H,28,31). The Balaban J connectivity index is 1.62. The molecule has 0 unspecified atom stereocenters. The van der Waals surface area contributed by atoms with Crippen molar-refractivity contribution >= 4 is 21.7 Å².